The average molecular weight is 393 g/mol. The van der Waals surface area contributed by atoms with E-state index >= 15 is 0 Å². The second-order valence-corrected chi connectivity index (χ2v) is 5.60. The number of rotatable bonds is 3. The van der Waals surface area contributed by atoms with Crippen molar-refractivity contribution in [1.82, 2.24) is 10.9 Å². The van der Waals surface area contributed by atoms with Gasteiger partial charge in [-0.15, -0.1) is 0 Å². The maximum atomic E-state index is 12.0. The van der Waals surface area contributed by atoms with Crippen molar-refractivity contribution in [2.75, 3.05) is 6.61 Å². The van der Waals surface area contributed by atoms with Gasteiger partial charge in [0.05, 0.1) is 0 Å². The summed E-state index contributed by atoms with van der Waals surface area (Å²) in [6, 6.07) is 10.4. The second kappa shape index (κ2) is 7.22. The van der Waals surface area contributed by atoms with E-state index in [9.17, 15) is 9.59 Å². The highest BCUT2D eigenvalue weighted by atomic mass is 79.9. The number of fused-ring (bicyclic) bond motifs is 1. The number of amides is 2. The minimum atomic E-state index is -0.842. The number of nitrogens with one attached hydrogen (secondary N) is 2. The summed E-state index contributed by atoms with van der Waals surface area (Å²) >= 11 is 3.16. The fourth-order valence-electron chi connectivity index (χ4n) is 1.97. The first-order chi connectivity index (χ1) is 11.6. The number of benzene rings is 1. The van der Waals surface area contributed by atoms with Crippen LogP contribution in [0.4, 0.5) is 0 Å². The minimum absolute atomic E-state index is 0.0645. The van der Waals surface area contributed by atoms with Crippen LogP contribution in [0.3, 0.4) is 0 Å². The summed E-state index contributed by atoms with van der Waals surface area (Å²) < 4.78 is 16.7. The van der Waals surface area contributed by atoms with Crippen molar-refractivity contribution in [3.05, 3.63) is 52.9 Å². The highest BCUT2D eigenvalue weighted by Crippen LogP contribution is 2.30. The summed E-state index contributed by atoms with van der Waals surface area (Å²) in [5.41, 5.74) is 4.56. The van der Waals surface area contributed by atoms with E-state index in [-0.39, 0.29) is 6.61 Å². The standard InChI is InChI=1S/C16H13BrN2O5/c17-14-7-5-10(23-14)6-8-15(20)18-19-16(21)13-9-22-11-3-1-2-4-12(11)24-13/h1-8,13H,9H2,(H,18,20)(H,19,21)/b8-6-/t13-/m0/s1. The predicted octanol–water partition coefficient (Wildman–Crippen LogP) is 2.04. The average Bonchev–Trinajstić information content (AvgIpc) is 3.02. The van der Waals surface area contributed by atoms with Crippen molar-refractivity contribution in [1.29, 1.82) is 0 Å². The molecule has 0 spiro atoms. The van der Waals surface area contributed by atoms with Gasteiger partial charge in [0.1, 0.15) is 12.4 Å². The number of halogens is 1. The van der Waals surface area contributed by atoms with E-state index in [0.717, 1.165) is 0 Å². The molecule has 2 N–H and O–H groups in total. The number of hydrogen-bond acceptors (Lipinski definition) is 5. The highest BCUT2D eigenvalue weighted by molar-refractivity contribution is 9.10. The normalized spacial score (nSPS) is 16.0. The third kappa shape index (κ3) is 3.96. The Balaban J connectivity index is 1.49. The molecule has 3 rings (SSSR count). The number of carbonyl (C=O) groups excluding carboxylic acids is 2. The van der Waals surface area contributed by atoms with E-state index in [0.29, 0.717) is 21.9 Å². The van der Waals surface area contributed by atoms with E-state index in [2.05, 4.69) is 26.8 Å². The Kier molecular flexibility index (Phi) is 4.85. The number of carbonyl (C=O) groups is 2. The number of hydrogen-bond donors (Lipinski definition) is 2. The molecule has 1 aliphatic rings. The van der Waals surface area contributed by atoms with E-state index in [1.807, 2.05) is 6.07 Å². The summed E-state index contributed by atoms with van der Waals surface area (Å²) in [7, 11) is 0. The molecule has 1 atom stereocenters. The zero-order valence-electron chi connectivity index (χ0n) is 12.3. The van der Waals surface area contributed by atoms with E-state index in [1.165, 1.54) is 12.2 Å². The zero-order chi connectivity index (χ0) is 16.9. The molecule has 24 heavy (non-hydrogen) atoms. The zero-order valence-corrected chi connectivity index (χ0v) is 13.9. The van der Waals surface area contributed by atoms with Crippen molar-refractivity contribution in [3.8, 4) is 11.5 Å². The van der Waals surface area contributed by atoms with Gasteiger partial charge in [0.2, 0.25) is 6.10 Å². The summed E-state index contributed by atoms with van der Waals surface area (Å²) in [6.45, 7) is 0.0645. The van der Waals surface area contributed by atoms with Crippen LogP contribution in [0.2, 0.25) is 0 Å². The molecule has 0 saturated heterocycles. The lowest BCUT2D eigenvalue weighted by Crippen LogP contribution is -2.50. The molecule has 2 amide bonds. The molecule has 0 fully saturated rings. The molecule has 0 bridgehead atoms. The second-order valence-electron chi connectivity index (χ2n) is 4.82. The van der Waals surface area contributed by atoms with Crippen molar-refractivity contribution in [2.45, 2.75) is 6.10 Å². The number of para-hydroxylation sites is 2. The van der Waals surface area contributed by atoms with Gasteiger partial charge in [-0.3, -0.25) is 20.4 Å². The van der Waals surface area contributed by atoms with Crippen LogP contribution in [0.1, 0.15) is 5.76 Å². The Hall–Kier alpha value is -2.74. The van der Waals surface area contributed by atoms with Crippen LogP contribution in [0, 0.1) is 0 Å². The van der Waals surface area contributed by atoms with Gasteiger partial charge in [0.15, 0.2) is 16.2 Å². The maximum absolute atomic E-state index is 12.0. The number of hydrazine groups is 1. The van der Waals surface area contributed by atoms with Crippen molar-refractivity contribution < 1.29 is 23.5 Å². The summed E-state index contributed by atoms with van der Waals surface area (Å²) in [5, 5.41) is 0. The SMILES string of the molecule is O=C(/C=C\c1ccc(Br)o1)NNC(=O)[C@@H]1COc2ccccc2O1. The van der Waals surface area contributed by atoms with Gasteiger partial charge < -0.3 is 13.9 Å². The highest BCUT2D eigenvalue weighted by Gasteiger charge is 2.27. The first-order valence-electron chi connectivity index (χ1n) is 7.03. The lowest BCUT2D eigenvalue weighted by Gasteiger charge is -2.25. The molecular weight excluding hydrogens is 380 g/mol. The Morgan fingerprint density at radius 2 is 1.92 bits per heavy atom. The molecule has 0 radical (unpaired) electrons. The number of furan rings is 1. The van der Waals surface area contributed by atoms with Gasteiger partial charge in [-0.1, -0.05) is 12.1 Å². The minimum Gasteiger partial charge on any atom is -0.485 e. The molecule has 1 aromatic carbocycles. The smallest absolute Gasteiger partial charge is 0.283 e. The summed E-state index contributed by atoms with van der Waals surface area (Å²) in [4.78, 5) is 23.7. The van der Waals surface area contributed by atoms with Crippen LogP contribution in [0.5, 0.6) is 11.5 Å². The van der Waals surface area contributed by atoms with Crippen molar-refractivity contribution in [3.63, 3.8) is 0 Å². The van der Waals surface area contributed by atoms with Crippen LogP contribution in [0.15, 0.2) is 51.6 Å². The lowest BCUT2D eigenvalue weighted by molar-refractivity contribution is -0.134. The molecule has 7 nitrogen and oxygen atoms in total. The quantitative estimate of drug-likeness (QED) is 0.616. The van der Waals surface area contributed by atoms with Crippen molar-refractivity contribution in [2.24, 2.45) is 0 Å². The van der Waals surface area contributed by atoms with Crippen LogP contribution in [-0.4, -0.2) is 24.5 Å². The molecule has 1 aromatic heterocycles. The lowest BCUT2D eigenvalue weighted by atomic mass is 10.2. The monoisotopic (exact) mass is 392 g/mol. The van der Waals surface area contributed by atoms with E-state index in [4.69, 9.17) is 13.9 Å². The van der Waals surface area contributed by atoms with Gasteiger partial charge >= 0.3 is 0 Å². The Morgan fingerprint density at radius 1 is 1.12 bits per heavy atom. The molecule has 2 heterocycles. The van der Waals surface area contributed by atoms with Crippen LogP contribution in [0.25, 0.3) is 6.08 Å². The Labute approximate surface area is 145 Å². The molecule has 0 unspecified atom stereocenters. The van der Waals surface area contributed by atoms with E-state index < -0.39 is 17.9 Å². The van der Waals surface area contributed by atoms with Gasteiger partial charge in [-0.25, -0.2) is 0 Å². The third-order valence-corrected chi connectivity index (χ3v) is 3.53. The molecule has 0 saturated carbocycles. The van der Waals surface area contributed by atoms with E-state index in [1.54, 1.807) is 30.3 Å². The molecule has 1 aliphatic heterocycles. The molecule has 2 aromatic rings. The first-order valence-corrected chi connectivity index (χ1v) is 7.83. The van der Waals surface area contributed by atoms with Gasteiger partial charge in [0.25, 0.3) is 11.8 Å². The van der Waals surface area contributed by atoms with Crippen molar-refractivity contribution >= 4 is 33.8 Å². The molecule has 0 aliphatic carbocycles. The Bertz CT molecular complexity index is 786. The molecule has 124 valence electrons. The third-order valence-electron chi connectivity index (χ3n) is 3.10. The largest absolute Gasteiger partial charge is 0.485 e. The van der Waals surface area contributed by atoms with Gasteiger partial charge in [-0.2, -0.15) is 0 Å². The number of ether oxygens (including phenoxy) is 2. The fraction of sp³-hybridized carbons (Fsp3) is 0.125. The maximum Gasteiger partial charge on any atom is 0.283 e. The van der Waals surface area contributed by atoms with Gasteiger partial charge in [-0.05, 0) is 46.3 Å². The topological polar surface area (TPSA) is 89.8 Å². The van der Waals surface area contributed by atoms with Crippen LogP contribution in [-0.2, 0) is 9.59 Å². The molecule has 8 heteroatoms. The summed E-state index contributed by atoms with van der Waals surface area (Å²) in [6.07, 6.45) is 1.87. The first kappa shape index (κ1) is 16.1. The predicted molar refractivity (Wildman–Crippen MR) is 88.1 cm³/mol. The van der Waals surface area contributed by atoms with Crippen LogP contribution >= 0.6 is 15.9 Å². The van der Waals surface area contributed by atoms with Crippen LogP contribution < -0.4 is 20.3 Å². The Morgan fingerprint density at radius 3 is 2.67 bits per heavy atom. The van der Waals surface area contributed by atoms with Gasteiger partial charge in [0, 0.05) is 6.08 Å². The molecular formula is C16H13BrN2O5. The fourth-order valence-corrected chi connectivity index (χ4v) is 2.29. The summed E-state index contributed by atoms with van der Waals surface area (Å²) in [5.74, 6) is 0.556.